The summed E-state index contributed by atoms with van der Waals surface area (Å²) in [6.07, 6.45) is 5.87. The van der Waals surface area contributed by atoms with E-state index in [0.29, 0.717) is 11.8 Å². The molecule has 102 valence electrons. The van der Waals surface area contributed by atoms with Gasteiger partial charge in [-0.1, -0.05) is 13.8 Å². The Bertz CT molecular complexity index is 346. The van der Waals surface area contributed by atoms with E-state index in [-0.39, 0.29) is 0 Å². The summed E-state index contributed by atoms with van der Waals surface area (Å²) in [4.78, 5) is 4.92. The van der Waals surface area contributed by atoms with Gasteiger partial charge in [0.25, 0.3) is 0 Å². The van der Waals surface area contributed by atoms with Crippen molar-refractivity contribution in [3.8, 4) is 0 Å². The van der Waals surface area contributed by atoms with E-state index in [0.717, 1.165) is 26.0 Å². The highest BCUT2D eigenvalue weighted by atomic mass is 16.5. The van der Waals surface area contributed by atoms with Crippen molar-refractivity contribution < 1.29 is 4.74 Å². The number of aliphatic imine (C=N–C) groups is 1. The first-order valence-corrected chi connectivity index (χ1v) is 7.30. The van der Waals surface area contributed by atoms with Crippen LogP contribution >= 0.6 is 0 Å². The van der Waals surface area contributed by atoms with Crippen LogP contribution in [0.5, 0.6) is 0 Å². The molecule has 0 saturated carbocycles. The number of allylic oxidation sites excluding steroid dienone is 2. The molecule has 3 nitrogen and oxygen atoms in total. The third-order valence-electron chi connectivity index (χ3n) is 4.16. The van der Waals surface area contributed by atoms with Gasteiger partial charge in [-0.15, -0.1) is 0 Å². The fourth-order valence-corrected chi connectivity index (χ4v) is 3.01. The summed E-state index contributed by atoms with van der Waals surface area (Å²) in [6, 6.07) is 0. The van der Waals surface area contributed by atoms with Crippen molar-refractivity contribution >= 4 is 5.71 Å². The summed E-state index contributed by atoms with van der Waals surface area (Å²) in [5.41, 5.74) is 4.10. The lowest BCUT2D eigenvalue weighted by Gasteiger charge is -2.24. The minimum absolute atomic E-state index is 0.622. The Morgan fingerprint density at radius 3 is 2.89 bits per heavy atom. The normalized spacial score (nSPS) is 32.3. The quantitative estimate of drug-likeness (QED) is 0.831. The van der Waals surface area contributed by atoms with Crippen LogP contribution in [0.1, 0.15) is 46.0 Å². The summed E-state index contributed by atoms with van der Waals surface area (Å²) >= 11 is 0. The van der Waals surface area contributed by atoms with Crippen LogP contribution in [0.4, 0.5) is 0 Å². The molecule has 0 radical (unpaired) electrons. The molecule has 2 rings (SSSR count). The van der Waals surface area contributed by atoms with Crippen LogP contribution in [0.3, 0.4) is 0 Å². The fourth-order valence-electron chi connectivity index (χ4n) is 3.01. The second-order valence-corrected chi connectivity index (χ2v) is 5.45. The maximum atomic E-state index is 5.26. The molecule has 2 aliphatic heterocycles. The standard InChI is InChI=1S/C15H26N2O/c1-4-12-6-7-13(5-2)17-15(12)14-8-11(9-16-14)10-18-3/h11-12,16H,4-10H2,1-3H3/b15-14+. The lowest BCUT2D eigenvalue weighted by atomic mass is 9.89. The molecule has 0 spiro atoms. The van der Waals surface area contributed by atoms with Crippen molar-refractivity contribution in [2.24, 2.45) is 16.8 Å². The van der Waals surface area contributed by atoms with E-state index < -0.39 is 0 Å². The Morgan fingerprint density at radius 2 is 2.22 bits per heavy atom. The number of nitrogens with zero attached hydrogens (tertiary/aromatic N) is 1. The zero-order valence-corrected chi connectivity index (χ0v) is 12.0. The van der Waals surface area contributed by atoms with E-state index in [1.807, 2.05) is 0 Å². The average molecular weight is 250 g/mol. The van der Waals surface area contributed by atoms with E-state index in [4.69, 9.17) is 9.73 Å². The molecule has 2 heterocycles. The van der Waals surface area contributed by atoms with Crippen LogP contribution in [0.15, 0.2) is 16.4 Å². The molecule has 2 atom stereocenters. The van der Waals surface area contributed by atoms with Gasteiger partial charge in [-0.2, -0.15) is 0 Å². The lowest BCUT2D eigenvalue weighted by molar-refractivity contribution is 0.160. The minimum Gasteiger partial charge on any atom is -0.386 e. The molecule has 0 aromatic heterocycles. The maximum Gasteiger partial charge on any atom is 0.0622 e. The molecule has 18 heavy (non-hydrogen) atoms. The third-order valence-corrected chi connectivity index (χ3v) is 4.16. The summed E-state index contributed by atoms with van der Waals surface area (Å²) in [6.45, 7) is 6.38. The highest BCUT2D eigenvalue weighted by Crippen LogP contribution is 2.33. The smallest absolute Gasteiger partial charge is 0.0622 e. The van der Waals surface area contributed by atoms with Gasteiger partial charge in [0.1, 0.15) is 0 Å². The molecular formula is C15H26N2O. The molecule has 0 aromatic carbocycles. The Morgan fingerprint density at radius 1 is 1.39 bits per heavy atom. The first-order valence-electron chi connectivity index (χ1n) is 7.30. The molecule has 0 amide bonds. The Balaban J connectivity index is 2.17. The van der Waals surface area contributed by atoms with Gasteiger partial charge in [0, 0.05) is 36.9 Å². The van der Waals surface area contributed by atoms with Gasteiger partial charge < -0.3 is 10.1 Å². The van der Waals surface area contributed by atoms with E-state index in [1.165, 1.54) is 36.4 Å². The molecule has 1 fully saturated rings. The first-order chi connectivity index (χ1) is 8.78. The maximum absolute atomic E-state index is 5.26. The third kappa shape index (κ3) is 2.94. The molecular weight excluding hydrogens is 224 g/mol. The van der Waals surface area contributed by atoms with E-state index in [9.17, 15) is 0 Å². The molecule has 1 N–H and O–H groups in total. The van der Waals surface area contributed by atoms with E-state index >= 15 is 0 Å². The average Bonchev–Trinajstić information content (AvgIpc) is 2.87. The summed E-state index contributed by atoms with van der Waals surface area (Å²) in [5, 5.41) is 3.56. The van der Waals surface area contributed by atoms with Crippen molar-refractivity contribution in [1.29, 1.82) is 0 Å². The van der Waals surface area contributed by atoms with Crippen LogP contribution < -0.4 is 5.32 Å². The monoisotopic (exact) mass is 250 g/mol. The second-order valence-electron chi connectivity index (χ2n) is 5.45. The minimum atomic E-state index is 0.622. The van der Waals surface area contributed by atoms with Crippen LogP contribution in [0.25, 0.3) is 0 Å². The summed E-state index contributed by atoms with van der Waals surface area (Å²) in [5.74, 6) is 1.28. The molecule has 3 heteroatoms. The highest BCUT2D eigenvalue weighted by Gasteiger charge is 2.27. The fraction of sp³-hybridized carbons (Fsp3) is 0.800. The number of methoxy groups -OCH3 is 1. The van der Waals surface area contributed by atoms with Crippen LogP contribution in [-0.4, -0.2) is 26.0 Å². The number of ether oxygens (including phenoxy) is 1. The van der Waals surface area contributed by atoms with Crippen LogP contribution in [0.2, 0.25) is 0 Å². The van der Waals surface area contributed by atoms with Crippen molar-refractivity contribution in [3.63, 3.8) is 0 Å². The number of rotatable bonds is 4. The second kappa shape index (κ2) is 6.37. The Hall–Kier alpha value is -0.830. The van der Waals surface area contributed by atoms with Crippen LogP contribution in [-0.2, 0) is 4.74 Å². The van der Waals surface area contributed by atoms with Gasteiger partial charge in [0.2, 0.25) is 0 Å². The van der Waals surface area contributed by atoms with Crippen molar-refractivity contribution in [3.05, 3.63) is 11.4 Å². The molecule has 0 aliphatic carbocycles. The molecule has 0 bridgehead atoms. The van der Waals surface area contributed by atoms with Gasteiger partial charge in [-0.3, -0.25) is 4.99 Å². The van der Waals surface area contributed by atoms with Crippen molar-refractivity contribution in [2.45, 2.75) is 46.0 Å². The van der Waals surface area contributed by atoms with E-state index in [2.05, 4.69) is 19.2 Å². The topological polar surface area (TPSA) is 33.6 Å². The zero-order valence-electron chi connectivity index (χ0n) is 12.0. The van der Waals surface area contributed by atoms with Crippen molar-refractivity contribution in [2.75, 3.05) is 20.3 Å². The Labute approximate surface area is 111 Å². The highest BCUT2D eigenvalue weighted by molar-refractivity contribution is 5.86. The number of nitrogens with one attached hydrogen (secondary N) is 1. The van der Waals surface area contributed by atoms with Gasteiger partial charge in [-0.05, 0) is 32.1 Å². The van der Waals surface area contributed by atoms with Gasteiger partial charge in [-0.25, -0.2) is 0 Å². The summed E-state index contributed by atoms with van der Waals surface area (Å²) in [7, 11) is 1.79. The SMILES string of the molecule is CCC1=N/C(=C2\CC(COC)CN2)C(CC)CC1. The number of hydrogen-bond donors (Lipinski definition) is 1. The van der Waals surface area contributed by atoms with E-state index in [1.54, 1.807) is 7.11 Å². The van der Waals surface area contributed by atoms with Gasteiger partial charge in [0.05, 0.1) is 12.3 Å². The van der Waals surface area contributed by atoms with Crippen molar-refractivity contribution in [1.82, 2.24) is 5.32 Å². The van der Waals surface area contributed by atoms with Gasteiger partial charge in [0.15, 0.2) is 0 Å². The number of hydrogen-bond acceptors (Lipinski definition) is 3. The zero-order chi connectivity index (χ0) is 13.0. The lowest BCUT2D eigenvalue weighted by Crippen LogP contribution is -2.18. The predicted molar refractivity (Wildman–Crippen MR) is 75.8 cm³/mol. The molecule has 2 aliphatic rings. The predicted octanol–water partition coefficient (Wildman–Crippen LogP) is 3.12. The summed E-state index contributed by atoms with van der Waals surface area (Å²) < 4.78 is 5.26. The Kier molecular flexibility index (Phi) is 4.81. The molecule has 2 unspecified atom stereocenters. The van der Waals surface area contributed by atoms with Crippen LogP contribution in [0, 0.1) is 11.8 Å². The van der Waals surface area contributed by atoms with Gasteiger partial charge >= 0.3 is 0 Å². The molecule has 1 saturated heterocycles. The molecule has 0 aromatic rings. The first kappa shape index (κ1) is 13.6. The largest absolute Gasteiger partial charge is 0.386 e.